The lowest BCUT2D eigenvalue weighted by molar-refractivity contribution is 1.18. The standard InChI is InChI=1S/C40H26N2/c1-2-10-27(11-3-1)29-18-21-31(22-19-29)42-36-16-8-6-14-33(36)34-24-25-38-39(40(34)42)35-15-7-9-17-37(35)41(38)32-23-20-28-12-4-5-13-30(28)26-32/h1-26H/i1D,2D,3D,10D,11D. The quantitative estimate of drug-likeness (QED) is 0.211. The molecule has 2 heterocycles. The van der Waals surface area contributed by atoms with E-state index in [2.05, 4.69) is 106 Å². The van der Waals surface area contributed by atoms with Gasteiger partial charge in [-0.1, -0.05) is 115 Å². The number of hydrogen-bond donors (Lipinski definition) is 0. The molecule has 0 amide bonds. The fourth-order valence-electron chi connectivity index (χ4n) is 6.54. The molecule has 2 aromatic heterocycles. The highest BCUT2D eigenvalue weighted by Crippen LogP contribution is 2.42. The summed E-state index contributed by atoms with van der Waals surface area (Å²) in [4.78, 5) is 0. The zero-order chi connectivity index (χ0) is 32.0. The molecule has 196 valence electrons. The van der Waals surface area contributed by atoms with Gasteiger partial charge in [0.1, 0.15) is 0 Å². The molecule has 2 nitrogen and oxygen atoms in total. The van der Waals surface area contributed by atoms with Gasteiger partial charge in [-0.25, -0.2) is 0 Å². The summed E-state index contributed by atoms with van der Waals surface area (Å²) < 4.78 is 45.9. The van der Waals surface area contributed by atoms with Crippen LogP contribution in [0.4, 0.5) is 0 Å². The third kappa shape index (κ3) is 3.33. The van der Waals surface area contributed by atoms with Crippen LogP contribution >= 0.6 is 0 Å². The van der Waals surface area contributed by atoms with E-state index >= 15 is 0 Å². The van der Waals surface area contributed by atoms with Crippen LogP contribution in [0.3, 0.4) is 0 Å². The number of hydrogen-bond acceptors (Lipinski definition) is 0. The van der Waals surface area contributed by atoms with Crippen LogP contribution in [0.15, 0.2) is 158 Å². The second kappa shape index (κ2) is 8.95. The van der Waals surface area contributed by atoms with E-state index in [1.165, 1.54) is 10.8 Å². The summed E-state index contributed by atoms with van der Waals surface area (Å²) in [6.07, 6.45) is 0. The molecule has 42 heavy (non-hydrogen) atoms. The Balaban J connectivity index is 1.34. The van der Waals surface area contributed by atoms with Crippen molar-refractivity contribution in [3.05, 3.63) is 158 Å². The first kappa shape index (κ1) is 18.7. The highest BCUT2D eigenvalue weighted by atomic mass is 15.0. The zero-order valence-electron chi connectivity index (χ0n) is 27.5. The molecule has 0 radical (unpaired) electrons. The van der Waals surface area contributed by atoms with Gasteiger partial charge in [-0.2, -0.15) is 0 Å². The van der Waals surface area contributed by atoms with E-state index in [1.54, 1.807) is 0 Å². The van der Waals surface area contributed by atoms with E-state index < -0.39 is 6.04 Å². The second-order valence-corrected chi connectivity index (χ2v) is 10.6. The minimum atomic E-state index is -0.391. The van der Waals surface area contributed by atoms with Crippen LogP contribution in [0.5, 0.6) is 0 Å². The lowest BCUT2D eigenvalue weighted by atomic mass is 10.1. The third-order valence-corrected chi connectivity index (χ3v) is 8.38. The Labute approximate surface area is 250 Å². The van der Waals surface area contributed by atoms with Crippen LogP contribution in [0, 0.1) is 0 Å². The molecule has 0 saturated carbocycles. The summed E-state index contributed by atoms with van der Waals surface area (Å²) in [7, 11) is 0. The summed E-state index contributed by atoms with van der Waals surface area (Å²) in [5.41, 5.74) is 7.17. The molecule has 2 heteroatoms. The molecule has 0 saturated heterocycles. The number of benzene rings is 7. The molecule has 0 bridgehead atoms. The van der Waals surface area contributed by atoms with Crippen LogP contribution < -0.4 is 0 Å². The summed E-state index contributed by atoms with van der Waals surface area (Å²) in [5, 5.41) is 6.97. The van der Waals surface area contributed by atoms with Crippen molar-refractivity contribution in [3.8, 4) is 22.5 Å². The van der Waals surface area contributed by atoms with Gasteiger partial charge in [-0.3, -0.25) is 0 Å². The lowest BCUT2D eigenvalue weighted by Gasteiger charge is -2.11. The molecule has 9 aromatic rings. The first-order valence-corrected chi connectivity index (χ1v) is 14.0. The maximum Gasteiger partial charge on any atom is 0.0641 e. The van der Waals surface area contributed by atoms with E-state index in [0.717, 1.165) is 55.0 Å². The predicted molar refractivity (Wildman–Crippen MR) is 178 cm³/mol. The number of fused-ring (bicyclic) bond motifs is 8. The number of para-hydroxylation sites is 2. The van der Waals surface area contributed by atoms with Gasteiger partial charge in [0, 0.05) is 32.9 Å². The average molecular weight is 540 g/mol. The lowest BCUT2D eigenvalue weighted by Crippen LogP contribution is -1.95. The molecule has 0 unspecified atom stereocenters. The van der Waals surface area contributed by atoms with Crippen molar-refractivity contribution in [2.45, 2.75) is 0 Å². The van der Waals surface area contributed by atoms with Crippen molar-refractivity contribution >= 4 is 54.4 Å². The van der Waals surface area contributed by atoms with Gasteiger partial charge >= 0.3 is 0 Å². The molecule has 0 atom stereocenters. The van der Waals surface area contributed by atoms with Gasteiger partial charge in [-0.15, -0.1) is 0 Å². The van der Waals surface area contributed by atoms with E-state index in [4.69, 9.17) is 6.85 Å². The van der Waals surface area contributed by atoms with E-state index in [0.29, 0.717) is 5.56 Å². The van der Waals surface area contributed by atoms with Crippen molar-refractivity contribution < 1.29 is 6.85 Å². The van der Waals surface area contributed by atoms with Crippen molar-refractivity contribution in [3.63, 3.8) is 0 Å². The first-order valence-electron chi connectivity index (χ1n) is 16.5. The minimum Gasteiger partial charge on any atom is -0.309 e. The van der Waals surface area contributed by atoms with Gasteiger partial charge in [0.25, 0.3) is 0 Å². The van der Waals surface area contributed by atoms with Gasteiger partial charge in [0.15, 0.2) is 0 Å². The van der Waals surface area contributed by atoms with Crippen molar-refractivity contribution in [2.24, 2.45) is 0 Å². The predicted octanol–water partition coefficient (Wildman–Crippen LogP) is 10.7. The molecule has 0 aliphatic rings. The maximum absolute atomic E-state index is 8.49. The van der Waals surface area contributed by atoms with Crippen LogP contribution in [0.1, 0.15) is 6.85 Å². The molecule has 0 fully saturated rings. The topological polar surface area (TPSA) is 9.86 Å². The molecule has 9 rings (SSSR count). The number of nitrogens with zero attached hydrogens (tertiary/aromatic N) is 2. The highest BCUT2D eigenvalue weighted by Gasteiger charge is 2.20. The number of aromatic nitrogens is 2. The molecule has 0 aliphatic heterocycles. The SMILES string of the molecule is [2H]c1c([2H])c([2H])c(-c2ccc(-n3c4ccccc4c4ccc5c(c6ccccc6n5-c5ccc6ccccc6c5)c43)cc2)c([2H])c1[2H]. The zero-order valence-corrected chi connectivity index (χ0v) is 22.5. The Bertz CT molecular complexity index is 2710. The summed E-state index contributed by atoms with van der Waals surface area (Å²) in [6.45, 7) is 0. The van der Waals surface area contributed by atoms with Crippen molar-refractivity contribution in [1.82, 2.24) is 9.13 Å². The highest BCUT2D eigenvalue weighted by molar-refractivity contribution is 6.26. The van der Waals surface area contributed by atoms with E-state index in [1.807, 2.05) is 30.3 Å². The normalized spacial score (nSPS) is 13.5. The second-order valence-electron chi connectivity index (χ2n) is 10.6. The van der Waals surface area contributed by atoms with Crippen molar-refractivity contribution in [2.75, 3.05) is 0 Å². The Morgan fingerprint density at radius 3 is 1.90 bits per heavy atom. The maximum atomic E-state index is 8.49. The molecular weight excluding hydrogens is 508 g/mol. The fraction of sp³-hybridized carbons (Fsp3) is 0. The Morgan fingerprint density at radius 1 is 0.429 bits per heavy atom. The Kier molecular flexibility index (Phi) is 3.98. The average Bonchev–Trinajstić information content (AvgIpc) is 3.63. The summed E-state index contributed by atoms with van der Waals surface area (Å²) >= 11 is 0. The van der Waals surface area contributed by atoms with Gasteiger partial charge < -0.3 is 9.13 Å². The van der Waals surface area contributed by atoms with Crippen LogP contribution in [-0.2, 0) is 0 Å². The Morgan fingerprint density at radius 2 is 1.10 bits per heavy atom. The molecular formula is C40H26N2. The van der Waals surface area contributed by atoms with Crippen LogP contribution in [0.25, 0.3) is 76.9 Å². The first-order chi connectivity index (χ1) is 22.9. The molecule has 0 spiro atoms. The molecule has 0 N–H and O–H groups in total. The third-order valence-electron chi connectivity index (χ3n) is 8.38. The monoisotopic (exact) mass is 539 g/mol. The van der Waals surface area contributed by atoms with Gasteiger partial charge in [0.2, 0.25) is 0 Å². The molecule has 0 aliphatic carbocycles. The largest absolute Gasteiger partial charge is 0.309 e. The van der Waals surface area contributed by atoms with E-state index in [9.17, 15) is 0 Å². The molecule has 7 aromatic carbocycles. The number of rotatable bonds is 3. The Hall–Kier alpha value is -5.60. The smallest absolute Gasteiger partial charge is 0.0641 e. The van der Waals surface area contributed by atoms with Gasteiger partial charge in [0.05, 0.1) is 28.9 Å². The van der Waals surface area contributed by atoms with Crippen LogP contribution in [-0.4, -0.2) is 9.13 Å². The van der Waals surface area contributed by atoms with E-state index in [-0.39, 0.29) is 29.7 Å². The minimum absolute atomic E-state index is 0.200. The fourth-order valence-corrected chi connectivity index (χ4v) is 6.54. The summed E-state index contributed by atoms with van der Waals surface area (Å²) in [6, 6.07) is 42.6. The summed E-state index contributed by atoms with van der Waals surface area (Å²) in [5.74, 6) is 0. The van der Waals surface area contributed by atoms with Crippen molar-refractivity contribution in [1.29, 1.82) is 0 Å². The van der Waals surface area contributed by atoms with Gasteiger partial charge in [-0.05, 0) is 64.4 Å². The van der Waals surface area contributed by atoms with Crippen LogP contribution in [0.2, 0.25) is 0 Å².